The van der Waals surface area contributed by atoms with Gasteiger partial charge in [0, 0.05) is 12.6 Å². The molecule has 1 saturated heterocycles. The van der Waals surface area contributed by atoms with E-state index in [1.165, 1.54) is 24.2 Å². The summed E-state index contributed by atoms with van der Waals surface area (Å²) >= 11 is 0. The van der Waals surface area contributed by atoms with Gasteiger partial charge in [-0.15, -0.1) is 0 Å². The van der Waals surface area contributed by atoms with E-state index in [4.69, 9.17) is 4.84 Å². The quantitative estimate of drug-likeness (QED) is 0.812. The number of likely N-dealkylation sites (tertiary alicyclic amines) is 1. The molecule has 4 rings (SSSR count). The van der Waals surface area contributed by atoms with Gasteiger partial charge in [0.15, 0.2) is 6.10 Å². The Labute approximate surface area is 114 Å². The van der Waals surface area contributed by atoms with Crippen molar-refractivity contribution in [1.82, 2.24) is 4.90 Å². The highest BCUT2D eigenvalue weighted by molar-refractivity contribution is 6.03. The molecule has 1 aliphatic carbocycles. The summed E-state index contributed by atoms with van der Waals surface area (Å²) in [6.07, 6.45) is 1.57. The number of rotatable bonds is 2. The number of hydrogen-bond donors (Lipinski definition) is 0. The molecule has 4 unspecified atom stereocenters. The topological polar surface area (TPSA) is 24.8 Å². The van der Waals surface area contributed by atoms with E-state index in [0.717, 1.165) is 5.92 Å². The van der Waals surface area contributed by atoms with E-state index in [9.17, 15) is 0 Å². The minimum atomic E-state index is 0.288. The lowest BCUT2D eigenvalue weighted by Gasteiger charge is -2.35. The molecule has 3 nitrogen and oxygen atoms in total. The van der Waals surface area contributed by atoms with Gasteiger partial charge in [0.1, 0.15) is 0 Å². The van der Waals surface area contributed by atoms with E-state index in [0.29, 0.717) is 18.0 Å². The van der Waals surface area contributed by atoms with Crippen LogP contribution < -0.4 is 0 Å². The van der Waals surface area contributed by atoms with Crippen molar-refractivity contribution in [3.8, 4) is 0 Å². The van der Waals surface area contributed by atoms with Crippen molar-refractivity contribution < 1.29 is 4.84 Å². The fourth-order valence-corrected chi connectivity index (χ4v) is 4.16. The smallest absolute Gasteiger partial charge is 0.151 e. The second-order valence-electron chi connectivity index (χ2n) is 6.29. The summed E-state index contributed by atoms with van der Waals surface area (Å²) in [7, 11) is 0. The normalized spacial score (nSPS) is 36.5. The zero-order chi connectivity index (χ0) is 13.0. The minimum Gasteiger partial charge on any atom is -0.390 e. The van der Waals surface area contributed by atoms with Crippen LogP contribution in [0.1, 0.15) is 25.8 Å². The third kappa shape index (κ3) is 1.57. The molecule has 3 aliphatic rings. The van der Waals surface area contributed by atoms with E-state index < -0.39 is 0 Å². The van der Waals surface area contributed by atoms with Crippen molar-refractivity contribution in [2.45, 2.75) is 38.5 Å². The van der Waals surface area contributed by atoms with Gasteiger partial charge in [0.05, 0.1) is 17.7 Å². The van der Waals surface area contributed by atoms with Crippen molar-refractivity contribution in [3.63, 3.8) is 0 Å². The number of benzene rings is 1. The van der Waals surface area contributed by atoms with Crippen LogP contribution in [-0.2, 0) is 4.84 Å². The Bertz CT molecular complexity index is 511. The summed E-state index contributed by atoms with van der Waals surface area (Å²) in [5, 5.41) is 4.42. The first-order valence-electron chi connectivity index (χ1n) is 7.30. The summed E-state index contributed by atoms with van der Waals surface area (Å²) in [6.45, 7) is 5.77. The standard InChI is InChI=1S/C16H20N2O/c1-10(2)18-9-12-8-13(18)16-14(12)15(17-19-16)11-6-4-3-5-7-11/h3-7,10,12-14,16H,8-9H2,1-2H3. The maximum Gasteiger partial charge on any atom is 0.151 e. The molecule has 4 atom stereocenters. The maximum atomic E-state index is 5.80. The van der Waals surface area contributed by atoms with Crippen LogP contribution in [0.5, 0.6) is 0 Å². The van der Waals surface area contributed by atoms with Gasteiger partial charge in [-0.3, -0.25) is 4.90 Å². The number of nitrogens with zero attached hydrogens (tertiary/aromatic N) is 2. The largest absolute Gasteiger partial charge is 0.390 e. The average molecular weight is 256 g/mol. The van der Waals surface area contributed by atoms with Crippen molar-refractivity contribution in [3.05, 3.63) is 35.9 Å². The molecule has 0 N–H and O–H groups in total. The van der Waals surface area contributed by atoms with Gasteiger partial charge in [0.25, 0.3) is 0 Å². The van der Waals surface area contributed by atoms with E-state index in [-0.39, 0.29) is 6.10 Å². The number of hydrogen-bond acceptors (Lipinski definition) is 3. The Hall–Kier alpha value is -1.35. The molecule has 1 aromatic carbocycles. The zero-order valence-electron chi connectivity index (χ0n) is 11.5. The molecule has 0 amide bonds. The number of oxime groups is 1. The third-order valence-corrected chi connectivity index (χ3v) is 4.98. The predicted octanol–water partition coefficient (Wildman–Crippen LogP) is 2.52. The lowest BCUT2D eigenvalue weighted by atomic mass is 9.85. The predicted molar refractivity (Wildman–Crippen MR) is 75.1 cm³/mol. The fourth-order valence-electron chi connectivity index (χ4n) is 4.16. The first kappa shape index (κ1) is 11.5. The molecular formula is C16H20N2O. The monoisotopic (exact) mass is 256 g/mol. The molecule has 2 heterocycles. The molecule has 2 aliphatic heterocycles. The van der Waals surface area contributed by atoms with Crippen LogP contribution in [0.3, 0.4) is 0 Å². The van der Waals surface area contributed by atoms with Gasteiger partial charge in [-0.2, -0.15) is 0 Å². The van der Waals surface area contributed by atoms with Crippen LogP contribution in [0.2, 0.25) is 0 Å². The molecule has 1 saturated carbocycles. The van der Waals surface area contributed by atoms with Gasteiger partial charge in [-0.1, -0.05) is 35.5 Å². The van der Waals surface area contributed by atoms with Crippen LogP contribution in [0.15, 0.2) is 35.5 Å². The van der Waals surface area contributed by atoms with Crippen LogP contribution in [0, 0.1) is 11.8 Å². The highest BCUT2D eigenvalue weighted by Gasteiger charge is 2.58. The summed E-state index contributed by atoms with van der Waals surface area (Å²) in [4.78, 5) is 8.40. The van der Waals surface area contributed by atoms with Crippen LogP contribution in [0.4, 0.5) is 0 Å². The first-order chi connectivity index (χ1) is 9.25. The number of piperidine rings is 1. The Kier molecular flexibility index (Phi) is 2.46. The van der Waals surface area contributed by atoms with Crippen molar-refractivity contribution >= 4 is 5.71 Å². The van der Waals surface area contributed by atoms with Crippen molar-refractivity contribution in [2.24, 2.45) is 17.0 Å². The molecule has 2 bridgehead atoms. The molecular weight excluding hydrogens is 236 g/mol. The van der Waals surface area contributed by atoms with Gasteiger partial charge >= 0.3 is 0 Å². The van der Waals surface area contributed by atoms with Crippen molar-refractivity contribution in [1.29, 1.82) is 0 Å². The van der Waals surface area contributed by atoms with Gasteiger partial charge < -0.3 is 4.84 Å². The van der Waals surface area contributed by atoms with Gasteiger partial charge in [0.2, 0.25) is 0 Å². The number of fused-ring (bicyclic) bond motifs is 5. The second kappa shape index (κ2) is 4.07. The van der Waals surface area contributed by atoms with E-state index >= 15 is 0 Å². The molecule has 3 heteroatoms. The summed E-state index contributed by atoms with van der Waals surface area (Å²) in [5.41, 5.74) is 2.42. The summed E-state index contributed by atoms with van der Waals surface area (Å²) in [6, 6.07) is 11.7. The molecule has 19 heavy (non-hydrogen) atoms. The SMILES string of the molecule is CC(C)N1CC2CC1C1ON=C(c3ccccc3)C21. The highest BCUT2D eigenvalue weighted by Crippen LogP contribution is 2.48. The molecule has 100 valence electrons. The average Bonchev–Trinajstić information content (AvgIpc) is 3.11. The molecule has 0 radical (unpaired) electrons. The summed E-state index contributed by atoms with van der Waals surface area (Å²) < 4.78 is 0. The minimum absolute atomic E-state index is 0.288. The zero-order valence-corrected chi connectivity index (χ0v) is 11.5. The Morgan fingerprint density at radius 3 is 2.79 bits per heavy atom. The van der Waals surface area contributed by atoms with Crippen LogP contribution in [0.25, 0.3) is 0 Å². The fraction of sp³-hybridized carbons (Fsp3) is 0.562. The lowest BCUT2D eigenvalue weighted by Crippen LogP contribution is -2.49. The van der Waals surface area contributed by atoms with Crippen molar-refractivity contribution in [2.75, 3.05) is 6.54 Å². The third-order valence-electron chi connectivity index (χ3n) is 4.98. The van der Waals surface area contributed by atoms with Crippen LogP contribution >= 0.6 is 0 Å². The Morgan fingerprint density at radius 2 is 2.05 bits per heavy atom. The Balaban J connectivity index is 1.62. The van der Waals surface area contributed by atoms with Crippen LogP contribution in [-0.4, -0.2) is 35.3 Å². The lowest BCUT2D eigenvalue weighted by molar-refractivity contribution is -0.0136. The highest BCUT2D eigenvalue weighted by atomic mass is 16.6. The summed E-state index contributed by atoms with van der Waals surface area (Å²) in [5.74, 6) is 1.24. The van der Waals surface area contributed by atoms with E-state index in [1.807, 2.05) is 0 Å². The molecule has 1 aromatic rings. The molecule has 2 fully saturated rings. The van der Waals surface area contributed by atoms with Gasteiger partial charge in [-0.25, -0.2) is 0 Å². The Morgan fingerprint density at radius 1 is 1.26 bits per heavy atom. The maximum absolute atomic E-state index is 5.80. The second-order valence-corrected chi connectivity index (χ2v) is 6.29. The molecule has 0 spiro atoms. The van der Waals surface area contributed by atoms with E-state index in [2.05, 4.69) is 54.2 Å². The first-order valence-corrected chi connectivity index (χ1v) is 7.30. The van der Waals surface area contributed by atoms with Gasteiger partial charge in [-0.05, 0) is 31.7 Å². The molecule has 0 aromatic heterocycles. The van der Waals surface area contributed by atoms with E-state index in [1.54, 1.807) is 0 Å².